The Morgan fingerprint density at radius 2 is 1.94 bits per heavy atom. The number of halogens is 1. The minimum atomic E-state index is -0.243. The lowest BCUT2D eigenvalue weighted by atomic mass is 10.2. The van der Waals surface area contributed by atoms with E-state index in [0.717, 1.165) is 5.69 Å². The third-order valence-corrected chi connectivity index (χ3v) is 2.59. The van der Waals surface area contributed by atoms with E-state index in [1.807, 2.05) is 13.0 Å². The van der Waals surface area contributed by atoms with Crippen molar-refractivity contribution in [3.63, 3.8) is 0 Å². The Morgan fingerprint density at radius 3 is 2.50 bits per heavy atom. The summed E-state index contributed by atoms with van der Waals surface area (Å²) in [5.41, 5.74) is 7.06. The van der Waals surface area contributed by atoms with Crippen molar-refractivity contribution in [1.82, 2.24) is 4.98 Å². The van der Waals surface area contributed by atoms with Crippen molar-refractivity contribution in [1.29, 1.82) is 0 Å². The van der Waals surface area contributed by atoms with Crippen LogP contribution in [0, 0.1) is 12.7 Å². The van der Waals surface area contributed by atoms with Crippen LogP contribution in [0.3, 0.4) is 0 Å². The number of ether oxygens (including phenoxy) is 1. The topological polar surface area (TPSA) is 48.1 Å². The number of hydrogen-bond donors (Lipinski definition) is 1. The predicted octanol–water partition coefficient (Wildman–Crippen LogP) is 3.34. The molecule has 0 aliphatic heterocycles. The van der Waals surface area contributed by atoms with Crippen molar-refractivity contribution < 1.29 is 9.13 Å². The van der Waals surface area contributed by atoms with Gasteiger partial charge in [-0.05, 0) is 49.7 Å². The number of pyridine rings is 1. The molecule has 0 spiro atoms. The van der Waals surface area contributed by atoms with Crippen molar-refractivity contribution in [2.45, 2.75) is 19.9 Å². The Balaban J connectivity index is 2.15. The van der Waals surface area contributed by atoms with Crippen LogP contribution in [0.15, 0.2) is 36.5 Å². The van der Waals surface area contributed by atoms with Crippen LogP contribution in [-0.2, 0) is 0 Å². The summed E-state index contributed by atoms with van der Waals surface area (Å²) in [6, 6.07) is 8.12. The highest BCUT2D eigenvalue weighted by molar-refractivity contribution is 5.33. The number of aromatic nitrogens is 1. The number of nitrogens with two attached hydrogens (primary N) is 1. The van der Waals surface area contributed by atoms with E-state index in [1.54, 1.807) is 31.3 Å². The first kappa shape index (κ1) is 12.5. The van der Waals surface area contributed by atoms with Gasteiger partial charge in [0.2, 0.25) is 0 Å². The second-order valence-electron chi connectivity index (χ2n) is 4.22. The van der Waals surface area contributed by atoms with Crippen LogP contribution < -0.4 is 10.5 Å². The molecule has 94 valence electrons. The molecular formula is C14H15FN2O. The molecule has 0 amide bonds. The zero-order valence-corrected chi connectivity index (χ0v) is 10.4. The fourth-order valence-electron chi connectivity index (χ4n) is 1.54. The second kappa shape index (κ2) is 5.14. The maximum atomic E-state index is 13.1. The molecule has 3 nitrogen and oxygen atoms in total. The first-order valence-electron chi connectivity index (χ1n) is 5.72. The Bertz CT molecular complexity index is 538. The van der Waals surface area contributed by atoms with E-state index in [9.17, 15) is 4.39 Å². The van der Waals surface area contributed by atoms with E-state index in [0.29, 0.717) is 17.1 Å². The smallest absolute Gasteiger partial charge is 0.145 e. The molecule has 0 saturated heterocycles. The molecule has 0 aliphatic rings. The van der Waals surface area contributed by atoms with Crippen LogP contribution in [0.25, 0.3) is 0 Å². The average Bonchev–Trinajstić information content (AvgIpc) is 2.34. The van der Waals surface area contributed by atoms with E-state index in [4.69, 9.17) is 10.5 Å². The summed E-state index contributed by atoms with van der Waals surface area (Å²) in [7, 11) is 0. The summed E-state index contributed by atoms with van der Waals surface area (Å²) >= 11 is 0. The molecule has 2 rings (SSSR count). The third-order valence-electron chi connectivity index (χ3n) is 2.59. The van der Waals surface area contributed by atoms with Gasteiger partial charge in [0.25, 0.3) is 0 Å². The van der Waals surface area contributed by atoms with Gasteiger partial charge in [0.1, 0.15) is 17.3 Å². The second-order valence-corrected chi connectivity index (χ2v) is 4.22. The molecule has 0 aliphatic carbocycles. The molecule has 0 bridgehead atoms. The van der Waals surface area contributed by atoms with Gasteiger partial charge in [-0.25, -0.2) is 4.39 Å². The molecule has 0 radical (unpaired) electrons. The van der Waals surface area contributed by atoms with Crippen molar-refractivity contribution in [2.24, 2.45) is 5.73 Å². The summed E-state index contributed by atoms with van der Waals surface area (Å²) in [5.74, 6) is 0.947. The fraction of sp³-hybridized carbons (Fsp3) is 0.214. The first-order chi connectivity index (χ1) is 8.56. The lowest BCUT2D eigenvalue weighted by molar-refractivity contribution is 0.476. The number of nitrogens with zero attached hydrogens (tertiary/aromatic N) is 1. The van der Waals surface area contributed by atoms with Crippen LogP contribution in [0.5, 0.6) is 11.5 Å². The summed E-state index contributed by atoms with van der Waals surface area (Å²) in [6.45, 7) is 3.56. The van der Waals surface area contributed by atoms with Gasteiger partial charge in [-0.1, -0.05) is 0 Å². The third kappa shape index (κ3) is 2.84. The van der Waals surface area contributed by atoms with Crippen molar-refractivity contribution in [3.05, 3.63) is 53.6 Å². The molecule has 1 aromatic carbocycles. The summed E-state index contributed by atoms with van der Waals surface area (Å²) in [4.78, 5) is 4.19. The molecule has 2 N–H and O–H groups in total. The van der Waals surface area contributed by atoms with Crippen LogP contribution in [0.4, 0.5) is 4.39 Å². The van der Waals surface area contributed by atoms with E-state index in [2.05, 4.69) is 4.98 Å². The maximum Gasteiger partial charge on any atom is 0.145 e. The van der Waals surface area contributed by atoms with E-state index in [-0.39, 0.29) is 11.9 Å². The first-order valence-corrected chi connectivity index (χ1v) is 5.72. The van der Waals surface area contributed by atoms with Crippen LogP contribution in [0.2, 0.25) is 0 Å². The molecule has 2 aromatic rings. The molecule has 0 saturated carbocycles. The van der Waals surface area contributed by atoms with Crippen LogP contribution in [0.1, 0.15) is 24.2 Å². The molecule has 1 aromatic heterocycles. The van der Waals surface area contributed by atoms with E-state index >= 15 is 0 Å². The minimum absolute atomic E-state index is 0.105. The molecule has 0 unspecified atom stereocenters. The zero-order chi connectivity index (χ0) is 13.1. The largest absolute Gasteiger partial charge is 0.456 e. The maximum absolute atomic E-state index is 13.1. The Kier molecular flexibility index (Phi) is 3.58. The normalized spacial score (nSPS) is 12.2. The highest BCUT2D eigenvalue weighted by atomic mass is 19.1. The van der Waals surface area contributed by atoms with Gasteiger partial charge in [-0.3, -0.25) is 4.98 Å². The number of aryl methyl sites for hydroxylation is 1. The van der Waals surface area contributed by atoms with Crippen molar-refractivity contribution in [2.75, 3.05) is 0 Å². The molecule has 4 heteroatoms. The highest BCUT2D eigenvalue weighted by Crippen LogP contribution is 2.23. The summed E-state index contributed by atoms with van der Waals surface area (Å²) in [5, 5.41) is 0. The molecule has 1 atom stereocenters. The van der Waals surface area contributed by atoms with Crippen molar-refractivity contribution >= 4 is 0 Å². The van der Waals surface area contributed by atoms with Gasteiger partial charge in [-0.15, -0.1) is 0 Å². The lowest BCUT2D eigenvalue weighted by Crippen LogP contribution is -2.06. The van der Waals surface area contributed by atoms with E-state index < -0.39 is 0 Å². The highest BCUT2D eigenvalue weighted by Gasteiger charge is 2.04. The Hall–Kier alpha value is -1.94. The van der Waals surface area contributed by atoms with Gasteiger partial charge in [0.15, 0.2) is 0 Å². The SMILES string of the molecule is Cc1cc(Oc2ccc([C@H](C)N)nc2)ccc1F. The van der Waals surface area contributed by atoms with Crippen LogP contribution >= 0.6 is 0 Å². The van der Waals surface area contributed by atoms with Gasteiger partial charge in [0.05, 0.1) is 11.9 Å². The summed E-state index contributed by atoms with van der Waals surface area (Å²) < 4.78 is 18.7. The number of rotatable bonds is 3. The zero-order valence-electron chi connectivity index (χ0n) is 10.4. The van der Waals surface area contributed by atoms with Crippen molar-refractivity contribution in [3.8, 4) is 11.5 Å². The quantitative estimate of drug-likeness (QED) is 0.903. The number of benzene rings is 1. The van der Waals surface area contributed by atoms with E-state index in [1.165, 1.54) is 6.07 Å². The van der Waals surface area contributed by atoms with Gasteiger partial charge < -0.3 is 10.5 Å². The van der Waals surface area contributed by atoms with Gasteiger partial charge in [0, 0.05) is 6.04 Å². The summed E-state index contributed by atoms with van der Waals surface area (Å²) in [6.07, 6.45) is 1.61. The fourth-order valence-corrected chi connectivity index (χ4v) is 1.54. The Labute approximate surface area is 105 Å². The molecule has 1 heterocycles. The minimum Gasteiger partial charge on any atom is -0.456 e. The standard InChI is InChI=1S/C14H15FN2O/c1-9-7-11(3-5-13(9)15)18-12-4-6-14(10(2)16)17-8-12/h3-8,10H,16H2,1-2H3/t10-/m0/s1. The Morgan fingerprint density at radius 1 is 1.22 bits per heavy atom. The van der Waals surface area contributed by atoms with Crippen LogP contribution in [-0.4, -0.2) is 4.98 Å². The number of hydrogen-bond acceptors (Lipinski definition) is 3. The average molecular weight is 246 g/mol. The molecular weight excluding hydrogens is 231 g/mol. The monoisotopic (exact) mass is 246 g/mol. The molecule has 0 fully saturated rings. The lowest BCUT2D eigenvalue weighted by Gasteiger charge is -2.08. The van der Waals surface area contributed by atoms with Gasteiger partial charge in [-0.2, -0.15) is 0 Å². The predicted molar refractivity (Wildman–Crippen MR) is 68.1 cm³/mol. The molecule has 18 heavy (non-hydrogen) atoms. The van der Waals surface area contributed by atoms with Gasteiger partial charge >= 0.3 is 0 Å².